The van der Waals surface area contributed by atoms with Gasteiger partial charge in [-0.2, -0.15) is 11.3 Å². The van der Waals surface area contributed by atoms with E-state index in [1.807, 2.05) is 21.7 Å². The number of nitrogens with one attached hydrogen (secondary N) is 1. The van der Waals surface area contributed by atoms with E-state index < -0.39 is 0 Å². The molecule has 0 spiro atoms. The lowest BCUT2D eigenvalue weighted by molar-refractivity contribution is -0.133. The molecule has 2 amide bonds. The topological polar surface area (TPSA) is 52.7 Å². The summed E-state index contributed by atoms with van der Waals surface area (Å²) in [6.07, 6.45) is 8.51. The summed E-state index contributed by atoms with van der Waals surface area (Å²) in [6, 6.07) is 1.84. The first-order valence-corrected chi connectivity index (χ1v) is 11.0. The zero-order valence-corrected chi connectivity index (χ0v) is 16.4. The Hall–Kier alpha value is -1.40. The fourth-order valence-electron chi connectivity index (χ4n) is 4.01. The van der Waals surface area contributed by atoms with E-state index in [0.29, 0.717) is 12.5 Å². The van der Waals surface area contributed by atoms with Crippen LogP contribution in [0, 0.1) is 5.92 Å². The summed E-state index contributed by atoms with van der Waals surface area (Å²) in [5.74, 6) is 1.12. The Morgan fingerprint density at radius 2 is 1.88 bits per heavy atom. The number of nitrogens with zero attached hydrogens (tertiary/aromatic N) is 2. The number of hydrogen-bond acceptors (Lipinski definition) is 4. The van der Waals surface area contributed by atoms with E-state index in [1.165, 1.54) is 43.4 Å². The van der Waals surface area contributed by atoms with E-state index in [9.17, 15) is 9.59 Å². The van der Waals surface area contributed by atoms with Crippen LogP contribution in [-0.4, -0.2) is 60.9 Å². The van der Waals surface area contributed by atoms with E-state index in [4.69, 9.17) is 0 Å². The molecule has 1 saturated heterocycles. The smallest absolute Gasteiger partial charge is 0.252 e. The van der Waals surface area contributed by atoms with Gasteiger partial charge >= 0.3 is 0 Å². The molecule has 0 radical (unpaired) electrons. The Balaban J connectivity index is 1.28. The van der Waals surface area contributed by atoms with E-state index in [1.54, 1.807) is 0 Å². The van der Waals surface area contributed by atoms with Crippen molar-refractivity contribution in [1.82, 2.24) is 15.1 Å². The maximum absolute atomic E-state index is 12.4. The Morgan fingerprint density at radius 3 is 2.58 bits per heavy atom. The Labute approximate surface area is 160 Å². The summed E-state index contributed by atoms with van der Waals surface area (Å²) in [7, 11) is 0. The molecule has 0 bridgehead atoms. The SMILES string of the molecule is O=C(NCCN1CCN(C(=O)CCC2CCCCC2)CC1)c1ccsc1. The number of rotatable bonds is 7. The van der Waals surface area contributed by atoms with E-state index in [0.717, 1.165) is 57.0 Å². The second-order valence-corrected chi connectivity index (χ2v) is 8.31. The molecule has 0 unspecified atom stereocenters. The molecule has 1 aliphatic carbocycles. The lowest BCUT2D eigenvalue weighted by Crippen LogP contribution is -2.50. The van der Waals surface area contributed by atoms with Crippen LogP contribution in [0.15, 0.2) is 16.8 Å². The van der Waals surface area contributed by atoms with E-state index in [-0.39, 0.29) is 5.91 Å². The fourth-order valence-corrected chi connectivity index (χ4v) is 4.64. The van der Waals surface area contributed by atoms with Crippen molar-refractivity contribution >= 4 is 23.2 Å². The van der Waals surface area contributed by atoms with Crippen LogP contribution in [0.4, 0.5) is 0 Å². The van der Waals surface area contributed by atoms with E-state index >= 15 is 0 Å². The second kappa shape index (κ2) is 10.1. The average Bonchev–Trinajstić information content (AvgIpc) is 3.22. The minimum Gasteiger partial charge on any atom is -0.351 e. The van der Waals surface area contributed by atoms with Gasteiger partial charge < -0.3 is 10.2 Å². The van der Waals surface area contributed by atoms with Gasteiger partial charge in [0.15, 0.2) is 0 Å². The number of amides is 2. The van der Waals surface area contributed by atoms with Crippen molar-refractivity contribution < 1.29 is 9.59 Å². The number of piperazine rings is 1. The summed E-state index contributed by atoms with van der Waals surface area (Å²) in [4.78, 5) is 28.7. The maximum atomic E-state index is 12.4. The molecular formula is C20H31N3O2S. The highest BCUT2D eigenvalue weighted by atomic mass is 32.1. The molecule has 2 heterocycles. The second-order valence-electron chi connectivity index (χ2n) is 7.53. The highest BCUT2D eigenvalue weighted by molar-refractivity contribution is 7.08. The van der Waals surface area contributed by atoms with Crippen molar-refractivity contribution in [3.05, 3.63) is 22.4 Å². The Bertz CT molecular complexity index is 562. The lowest BCUT2D eigenvalue weighted by atomic mass is 9.86. The van der Waals surface area contributed by atoms with Gasteiger partial charge in [0.25, 0.3) is 5.91 Å². The molecular weight excluding hydrogens is 346 g/mol. The molecule has 2 fully saturated rings. The third kappa shape index (κ3) is 5.81. The van der Waals surface area contributed by atoms with Gasteiger partial charge in [-0.05, 0) is 23.8 Å². The summed E-state index contributed by atoms with van der Waals surface area (Å²) >= 11 is 1.54. The van der Waals surface area contributed by atoms with Crippen molar-refractivity contribution in [3.8, 4) is 0 Å². The summed E-state index contributed by atoms with van der Waals surface area (Å²) in [5, 5.41) is 6.75. The van der Waals surface area contributed by atoms with E-state index in [2.05, 4.69) is 10.2 Å². The molecule has 1 N–H and O–H groups in total. The molecule has 0 atom stereocenters. The molecule has 1 saturated carbocycles. The summed E-state index contributed by atoms with van der Waals surface area (Å²) in [6.45, 7) is 4.96. The van der Waals surface area contributed by atoms with Crippen molar-refractivity contribution in [3.63, 3.8) is 0 Å². The standard InChI is InChI=1S/C20H31N3O2S/c24-19(7-6-17-4-2-1-3-5-17)23-13-11-22(12-14-23)10-9-21-20(25)18-8-15-26-16-18/h8,15-17H,1-7,9-14H2,(H,21,25). The monoisotopic (exact) mass is 377 g/mol. The quantitative estimate of drug-likeness (QED) is 0.795. The van der Waals surface area contributed by atoms with Gasteiger partial charge in [0, 0.05) is 56.6 Å². The first kappa shape index (κ1) is 19.4. The minimum atomic E-state index is 0.00257. The predicted octanol–water partition coefficient (Wildman–Crippen LogP) is 2.98. The van der Waals surface area contributed by atoms with Crippen LogP contribution >= 0.6 is 11.3 Å². The molecule has 2 aliphatic rings. The minimum absolute atomic E-state index is 0.00257. The molecule has 144 valence electrons. The molecule has 1 aromatic rings. The van der Waals surface area contributed by atoms with Gasteiger partial charge in [-0.1, -0.05) is 32.1 Å². The lowest BCUT2D eigenvalue weighted by Gasteiger charge is -2.35. The fraction of sp³-hybridized carbons (Fsp3) is 0.700. The molecule has 3 rings (SSSR count). The predicted molar refractivity (Wildman–Crippen MR) is 105 cm³/mol. The maximum Gasteiger partial charge on any atom is 0.252 e. The first-order chi connectivity index (χ1) is 12.7. The normalized spacial score (nSPS) is 19.5. The van der Waals surface area contributed by atoms with Crippen LogP contribution in [0.2, 0.25) is 0 Å². The number of hydrogen-bond donors (Lipinski definition) is 1. The molecule has 26 heavy (non-hydrogen) atoms. The van der Waals surface area contributed by atoms with Gasteiger partial charge in [-0.15, -0.1) is 0 Å². The zero-order valence-electron chi connectivity index (χ0n) is 15.6. The third-order valence-corrected chi connectivity index (χ3v) is 6.40. The molecule has 0 aromatic carbocycles. The van der Waals surface area contributed by atoms with Gasteiger partial charge in [0.1, 0.15) is 0 Å². The number of carbonyl (C=O) groups is 2. The van der Waals surface area contributed by atoms with Crippen molar-refractivity contribution in [2.24, 2.45) is 5.92 Å². The molecule has 5 nitrogen and oxygen atoms in total. The highest BCUT2D eigenvalue weighted by Gasteiger charge is 2.22. The highest BCUT2D eigenvalue weighted by Crippen LogP contribution is 2.27. The van der Waals surface area contributed by atoms with Crippen molar-refractivity contribution in [1.29, 1.82) is 0 Å². The van der Waals surface area contributed by atoms with Crippen LogP contribution in [-0.2, 0) is 4.79 Å². The summed E-state index contributed by atoms with van der Waals surface area (Å²) < 4.78 is 0. The van der Waals surface area contributed by atoms with Crippen LogP contribution in [0.1, 0.15) is 55.3 Å². The Morgan fingerprint density at radius 1 is 1.12 bits per heavy atom. The van der Waals surface area contributed by atoms with Crippen molar-refractivity contribution in [2.75, 3.05) is 39.3 Å². The van der Waals surface area contributed by atoms with Crippen molar-refractivity contribution in [2.45, 2.75) is 44.9 Å². The molecule has 1 aromatic heterocycles. The number of thiophene rings is 1. The number of carbonyl (C=O) groups excluding carboxylic acids is 2. The van der Waals surface area contributed by atoms with Crippen LogP contribution in [0.3, 0.4) is 0 Å². The summed E-state index contributed by atoms with van der Waals surface area (Å²) in [5.41, 5.74) is 0.739. The van der Waals surface area contributed by atoms with Gasteiger partial charge in [-0.25, -0.2) is 0 Å². The Kier molecular flexibility index (Phi) is 7.50. The third-order valence-electron chi connectivity index (χ3n) is 5.71. The van der Waals surface area contributed by atoms with Gasteiger partial charge in [-0.3, -0.25) is 14.5 Å². The van der Waals surface area contributed by atoms with Crippen LogP contribution in [0.5, 0.6) is 0 Å². The zero-order chi connectivity index (χ0) is 18.2. The average molecular weight is 378 g/mol. The molecule has 1 aliphatic heterocycles. The van der Waals surface area contributed by atoms with Gasteiger partial charge in [0.2, 0.25) is 5.91 Å². The first-order valence-electron chi connectivity index (χ1n) is 10.0. The van der Waals surface area contributed by atoms with Crippen LogP contribution in [0.25, 0.3) is 0 Å². The largest absolute Gasteiger partial charge is 0.351 e. The van der Waals surface area contributed by atoms with Crippen LogP contribution < -0.4 is 5.32 Å². The molecule has 6 heteroatoms. The van der Waals surface area contributed by atoms with Gasteiger partial charge in [0.05, 0.1) is 0 Å².